The van der Waals surface area contributed by atoms with Crippen molar-refractivity contribution in [3.05, 3.63) is 59.7 Å². The Morgan fingerprint density at radius 1 is 0.658 bits per heavy atom. The Bertz CT molecular complexity index is 1120. The molecule has 1 saturated carbocycles. The van der Waals surface area contributed by atoms with Gasteiger partial charge in [0.05, 0.1) is 14.2 Å². The number of hydrogen-bond donors (Lipinski definition) is 6. The molecular weight excluding hydrogens is 504 g/mol. The fraction of sp³-hybridized carbons (Fsp3) is 0.308. The second-order valence-corrected chi connectivity index (χ2v) is 8.29. The lowest BCUT2D eigenvalue weighted by atomic mass is 9.84. The molecule has 6 atom stereocenters. The molecule has 0 saturated heterocycles. The van der Waals surface area contributed by atoms with Crippen molar-refractivity contribution >= 4 is 24.1 Å². The van der Waals surface area contributed by atoms with Gasteiger partial charge in [0, 0.05) is 12.2 Å². The molecule has 1 fully saturated rings. The van der Waals surface area contributed by atoms with E-state index in [0.29, 0.717) is 11.1 Å². The third-order valence-corrected chi connectivity index (χ3v) is 5.78. The first-order valence-corrected chi connectivity index (χ1v) is 11.3. The first-order chi connectivity index (χ1) is 18.0. The number of esters is 2. The van der Waals surface area contributed by atoms with E-state index in [-0.39, 0.29) is 23.0 Å². The largest absolute Gasteiger partial charge is 0.504 e. The lowest BCUT2D eigenvalue weighted by Crippen LogP contribution is -2.65. The predicted octanol–water partition coefficient (Wildman–Crippen LogP) is 0.122. The average molecular weight is 532 g/mol. The zero-order chi connectivity index (χ0) is 28.0. The van der Waals surface area contributed by atoms with Crippen LogP contribution in [0.1, 0.15) is 11.1 Å². The van der Waals surface area contributed by atoms with Gasteiger partial charge >= 0.3 is 11.9 Å². The van der Waals surface area contributed by atoms with E-state index in [0.717, 1.165) is 12.2 Å². The number of phenolic OH excluding ortho intramolecular Hbond substituents is 2. The third-order valence-electron chi connectivity index (χ3n) is 5.78. The summed E-state index contributed by atoms with van der Waals surface area (Å²) >= 11 is 0. The molecule has 6 N–H and O–H groups in total. The van der Waals surface area contributed by atoms with Crippen LogP contribution >= 0.6 is 0 Å². The average Bonchev–Trinajstić information content (AvgIpc) is 2.91. The van der Waals surface area contributed by atoms with Crippen LogP contribution in [0.2, 0.25) is 0 Å². The Balaban J connectivity index is 1.68. The van der Waals surface area contributed by atoms with Crippen molar-refractivity contribution in [3.63, 3.8) is 0 Å². The molecule has 0 radical (unpaired) electrons. The van der Waals surface area contributed by atoms with Crippen LogP contribution in [0.25, 0.3) is 12.2 Å². The summed E-state index contributed by atoms with van der Waals surface area (Å²) in [5.74, 6) is -1.92. The molecule has 3 rings (SSSR count). The number of hydrogen-bond acceptors (Lipinski definition) is 12. The number of carbonyl (C=O) groups excluding carboxylic acids is 2. The van der Waals surface area contributed by atoms with Crippen LogP contribution in [0.5, 0.6) is 23.0 Å². The Morgan fingerprint density at radius 2 is 1.05 bits per heavy atom. The van der Waals surface area contributed by atoms with E-state index in [1.807, 2.05) is 0 Å². The quantitative estimate of drug-likeness (QED) is 0.199. The third kappa shape index (κ3) is 6.61. The summed E-state index contributed by atoms with van der Waals surface area (Å²) in [6, 6.07) is 8.57. The molecule has 38 heavy (non-hydrogen) atoms. The smallest absolute Gasteiger partial charge is 0.331 e. The molecule has 2 aromatic rings. The summed E-state index contributed by atoms with van der Waals surface area (Å²) in [5.41, 5.74) is 0.920. The SMILES string of the molecule is COc1cc(/C=C/C(=O)O[C@@H]2C(O)[C@H](OC(=O)/C=C/c3ccc(O)c(OC)c3)[C@H](O)C(O)[C@H]2O)ccc1O. The van der Waals surface area contributed by atoms with Crippen molar-refractivity contribution in [3.8, 4) is 23.0 Å². The van der Waals surface area contributed by atoms with E-state index < -0.39 is 48.6 Å². The standard InChI is InChI=1S/C26H28O12/c1-35-17-11-13(3-7-15(17)27)5-9-19(29)37-25-22(32)21(31)23(33)26(24(25)34)38-20(30)10-6-14-4-8-16(28)18(12-14)36-2/h3-12,21-28,31-34H,1-2H3/b9-5+,10-6+/t21?,22-,23-,24?,25-,26+/m1/s1. The monoisotopic (exact) mass is 532 g/mol. The maximum atomic E-state index is 12.3. The molecule has 1 aliphatic rings. The summed E-state index contributed by atoms with van der Waals surface area (Å²) in [7, 11) is 2.71. The maximum absolute atomic E-state index is 12.3. The highest BCUT2D eigenvalue weighted by molar-refractivity contribution is 5.88. The number of rotatable bonds is 8. The van der Waals surface area contributed by atoms with E-state index in [9.17, 15) is 40.2 Å². The van der Waals surface area contributed by atoms with Crippen LogP contribution < -0.4 is 9.47 Å². The van der Waals surface area contributed by atoms with Crippen molar-refractivity contribution in [1.29, 1.82) is 0 Å². The van der Waals surface area contributed by atoms with Crippen LogP contribution in [0.4, 0.5) is 0 Å². The first-order valence-electron chi connectivity index (χ1n) is 11.3. The van der Waals surface area contributed by atoms with Crippen molar-refractivity contribution in [2.45, 2.75) is 36.6 Å². The second kappa shape index (κ2) is 12.4. The van der Waals surface area contributed by atoms with Gasteiger partial charge in [-0.05, 0) is 47.5 Å². The van der Waals surface area contributed by atoms with Crippen molar-refractivity contribution in [2.24, 2.45) is 0 Å². The van der Waals surface area contributed by atoms with Gasteiger partial charge in [-0.25, -0.2) is 9.59 Å². The molecule has 12 nitrogen and oxygen atoms in total. The van der Waals surface area contributed by atoms with Crippen molar-refractivity contribution in [2.75, 3.05) is 14.2 Å². The fourth-order valence-electron chi connectivity index (χ4n) is 3.73. The van der Waals surface area contributed by atoms with Crippen molar-refractivity contribution < 1.29 is 59.2 Å². The number of aromatic hydroxyl groups is 2. The molecule has 0 heterocycles. The normalized spacial score (nSPS) is 25.3. The Kier molecular flexibility index (Phi) is 9.31. The zero-order valence-corrected chi connectivity index (χ0v) is 20.4. The van der Waals surface area contributed by atoms with Crippen LogP contribution in [-0.2, 0) is 19.1 Å². The summed E-state index contributed by atoms with van der Waals surface area (Å²) in [4.78, 5) is 24.7. The molecule has 1 aliphatic carbocycles. The minimum atomic E-state index is -1.91. The number of ether oxygens (including phenoxy) is 4. The first kappa shape index (κ1) is 28.5. The van der Waals surface area contributed by atoms with Gasteiger partial charge in [0.2, 0.25) is 0 Å². The van der Waals surface area contributed by atoms with E-state index in [1.165, 1.54) is 62.8 Å². The molecule has 0 amide bonds. The molecule has 0 spiro atoms. The minimum Gasteiger partial charge on any atom is -0.504 e. The van der Waals surface area contributed by atoms with Gasteiger partial charge in [-0.15, -0.1) is 0 Å². The molecule has 2 unspecified atom stereocenters. The highest BCUT2D eigenvalue weighted by Crippen LogP contribution is 2.29. The Morgan fingerprint density at radius 3 is 1.42 bits per heavy atom. The number of benzene rings is 2. The zero-order valence-electron chi connectivity index (χ0n) is 20.4. The van der Waals surface area contributed by atoms with Crippen LogP contribution in [-0.4, -0.2) is 93.4 Å². The van der Waals surface area contributed by atoms with E-state index in [2.05, 4.69) is 0 Å². The topological polar surface area (TPSA) is 192 Å². The molecule has 0 aromatic heterocycles. The molecular formula is C26H28O12. The Hall–Kier alpha value is -4.10. The molecule has 2 aromatic carbocycles. The lowest BCUT2D eigenvalue weighted by Gasteiger charge is -2.42. The van der Waals surface area contributed by atoms with Gasteiger partial charge in [-0.2, -0.15) is 0 Å². The number of aliphatic hydroxyl groups is 4. The van der Waals surface area contributed by atoms with E-state index in [4.69, 9.17) is 18.9 Å². The van der Waals surface area contributed by atoms with Gasteiger partial charge < -0.3 is 49.6 Å². The van der Waals surface area contributed by atoms with Gasteiger partial charge in [0.25, 0.3) is 0 Å². The number of methoxy groups -OCH3 is 2. The van der Waals surface area contributed by atoms with Crippen LogP contribution in [0.15, 0.2) is 48.6 Å². The van der Waals surface area contributed by atoms with Gasteiger partial charge in [0.1, 0.15) is 24.4 Å². The predicted molar refractivity (Wildman–Crippen MR) is 131 cm³/mol. The van der Waals surface area contributed by atoms with E-state index in [1.54, 1.807) is 0 Å². The summed E-state index contributed by atoms with van der Waals surface area (Å²) in [5, 5.41) is 60.7. The number of phenols is 2. The maximum Gasteiger partial charge on any atom is 0.331 e. The van der Waals surface area contributed by atoms with Gasteiger partial charge in [0.15, 0.2) is 35.2 Å². The van der Waals surface area contributed by atoms with Crippen LogP contribution in [0, 0.1) is 0 Å². The lowest BCUT2D eigenvalue weighted by molar-refractivity contribution is -0.238. The van der Waals surface area contributed by atoms with E-state index >= 15 is 0 Å². The molecule has 0 bridgehead atoms. The molecule has 0 aliphatic heterocycles. The second-order valence-electron chi connectivity index (χ2n) is 8.29. The Labute approximate surface area is 217 Å². The van der Waals surface area contributed by atoms with Crippen molar-refractivity contribution in [1.82, 2.24) is 0 Å². The highest BCUT2D eigenvalue weighted by atomic mass is 16.6. The fourth-order valence-corrected chi connectivity index (χ4v) is 3.73. The molecule has 204 valence electrons. The number of carbonyl (C=O) groups is 2. The molecule has 12 heteroatoms. The van der Waals surface area contributed by atoms with Gasteiger partial charge in [-0.1, -0.05) is 12.1 Å². The highest BCUT2D eigenvalue weighted by Gasteiger charge is 2.52. The summed E-state index contributed by atoms with van der Waals surface area (Å²) in [6.07, 6.45) is -6.50. The minimum absolute atomic E-state index is 0.105. The van der Waals surface area contributed by atoms with Crippen LogP contribution in [0.3, 0.4) is 0 Å². The number of aliphatic hydroxyl groups excluding tert-OH is 4. The summed E-state index contributed by atoms with van der Waals surface area (Å²) < 4.78 is 20.2. The van der Waals surface area contributed by atoms with Gasteiger partial charge in [-0.3, -0.25) is 0 Å². The summed E-state index contributed by atoms with van der Waals surface area (Å²) in [6.45, 7) is 0.